The van der Waals surface area contributed by atoms with Crippen LogP contribution in [0.1, 0.15) is 18.4 Å². The van der Waals surface area contributed by atoms with Crippen molar-refractivity contribution in [1.82, 2.24) is 4.72 Å². The quantitative estimate of drug-likeness (QED) is 0.865. The number of hydrogen-bond donors (Lipinski definition) is 1. The Bertz CT molecular complexity index is 589. The maximum absolute atomic E-state index is 11.8. The minimum Gasteiger partial charge on any atom is -0.376 e. The van der Waals surface area contributed by atoms with E-state index in [1.807, 2.05) is 6.07 Å². The molecule has 0 amide bonds. The van der Waals surface area contributed by atoms with E-state index < -0.39 is 10.0 Å². The van der Waals surface area contributed by atoms with Crippen LogP contribution >= 0.6 is 0 Å². The highest BCUT2D eigenvalue weighted by Gasteiger charge is 2.30. The monoisotopic (exact) mass is 266 g/mol. The molecule has 2 heterocycles. The minimum atomic E-state index is -3.42. The van der Waals surface area contributed by atoms with Crippen molar-refractivity contribution in [2.75, 3.05) is 13.2 Å². The summed E-state index contributed by atoms with van der Waals surface area (Å²) in [5, 5.41) is 0. The number of nitrogens with zero attached hydrogens (tertiary/aromatic N) is 1. The number of sulfonamides is 1. The summed E-state index contributed by atoms with van der Waals surface area (Å²) in [7, 11) is -3.42. The summed E-state index contributed by atoms with van der Waals surface area (Å²) in [6.07, 6.45) is 2.16. The SMILES string of the molecule is O=S1(=O)NC(=NC[C@H]2CCCO2)c2ccccc21. The van der Waals surface area contributed by atoms with Gasteiger partial charge in [0.1, 0.15) is 5.84 Å². The maximum atomic E-state index is 11.8. The van der Waals surface area contributed by atoms with Gasteiger partial charge in [0.2, 0.25) is 0 Å². The molecule has 18 heavy (non-hydrogen) atoms. The number of benzene rings is 1. The van der Waals surface area contributed by atoms with E-state index in [2.05, 4.69) is 9.71 Å². The summed E-state index contributed by atoms with van der Waals surface area (Å²) < 4.78 is 31.6. The second-order valence-electron chi connectivity index (χ2n) is 4.43. The fourth-order valence-corrected chi connectivity index (χ4v) is 3.48. The van der Waals surface area contributed by atoms with Crippen LogP contribution in [0, 0.1) is 0 Å². The smallest absolute Gasteiger partial charge is 0.263 e. The molecule has 1 atom stereocenters. The molecule has 0 radical (unpaired) electrons. The topological polar surface area (TPSA) is 67.8 Å². The van der Waals surface area contributed by atoms with Gasteiger partial charge in [-0.3, -0.25) is 9.71 Å². The van der Waals surface area contributed by atoms with Crippen LogP contribution in [0.25, 0.3) is 0 Å². The van der Waals surface area contributed by atoms with Crippen LogP contribution in [0.2, 0.25) is 0 Å². The van der Waals surface area contributed by atoms with Crippen LogP contribution in [0.5, 0.6) is 0 Å². The van der Waals surface area contributed by atoms with E-state index in [0.29, 0.717) is 22.8 Å². The van der Waals surface area contributed by atoms with E-state index in [0.717, 1.165) is 19.4 Å². The molecule has 0 bridgehead atoms. The lowest BCUT2D eigenvalue weighted by molar-refractivity contribution is 0.118. The summed E-state index contributed by atoms with van der Waals surface area (Å²) in [6.45, 7) is 1.28. The first-order valence-electron chi connectivity index (χ1n) is 5.95. The average molecular weight is 266 g/mol. The molecular weight excluding hydrogens is 252 g/mol. The zero-order chi connectivity index (χ0) is 12.6. The van der Waals surface area contributed by atoms with Crippen molar-refractivity contribution in [3.63, 3.8) is 0 Å². The van der Waals surface area contributed by atoms with Gasteiger partial charge >= 0.3 is 0 Å². The second kappa shape index (κ2) is 4.37. The van der Waals surface area contributed by atoms with Crippen LogP contribution < -0.4 is 4.72 Å². The second-order valence-corrected chi connectivity index (χ2v) is 6.08. The van der Waals surface area contributed by atoms with Crippen LogP contribution in [-0.4, -0.2) is 33.5 Å². The Morgan fingerprint density at radius 1 is 1.39 bits per heavy atom. The van der Waals surface area contributed by atoms with Gasteiger partial charge in [0.05, 0.1) is 17.5 Å². The number of aliphatic imine (C=N–C) groups is 1. The van der Waals surface area contributed by atoms with Crippen LogP contribution in [0.3, 0.4) is 0 Å². The number of hydrogen-bond acceptors (Lipinski definition) is 4. The molecule has 0 aliphatic carbocycles. The molecule has 1 aromatic rings. The molecule has 1 saturated heterocycles. The number of rotatable bonds is 2. The Kier molecular flexibility index (Phi) is 2.83. The molecule has 6 heteroatoms. The van der Waals surface area contributed by atoms with E-state index in [1.54, 1.807) is 18.2 Å². The number of amidine groups is 1. The average Bonchev–Trinajstić information content (AvgIpc) is 2.95. The molecular formula is C12H14N2O3S. The first-order valence-corrected chi connectivity index (χ1v) is 7.43. The van der Waals surface area contributed by atoms with Crippen LogP contribution in [0.15, 0.2) is 34.2 Å². The Labute approximate surface area is 106 Å². The summed E-state index contributed by atoms with van der Waals surface area (Å²) in [5.41, 5.74) is 0.649. The lowest BCUT2D eigenvalue weighted by atomic mass is 10.2. The van der Waals surface area contributed by atoms with Crippen LogP contribution in [-0.2, 0) is 14.8 Å². The van der Waals surface area contributed by atoms with E-state index in [9.17, 15) is 8.42 Å². The van der Waals surface area contributed by atoms with Gasteiger partial charge in [-0.05, 0) is 25.0 Å². The van der Waals surface area contributed by atoms with Crippen molar-refractivity contribution in [1.29, 1.82) is 0 Å². The molecule has 0 unspecified atom stereocenters. The van der Waals surface area contributed by atoms with Gasteiger partial charge < -0.3 is 4.74 Å². The van der Waals surface area contributed by atoms with E-state index in [4.69, 9.17) is 4.74 Å². The molecule has 2 aliphatic rings. The lowest BCUT2D eigenvalue weighted by Gasteiger charge is -2.05. The molecule has 0 saturated carbocycles. The summed E-state index contributed by atoms with van der Waals surface area (Å²) in [5.74, 6) is 0.432. The predicted octanol–water partition coefficient (Wildman–Crippen LogP) is 0.904. The Hall–Kier alpha value is -1.40. The molecule has 5 nitrogen and oxygen atoms in total. The Balaban J connectivity index is 1.88. The first kappa shape index (κ1) is 11.7. The van der Waals surface area contributed by atoms with Gasteiger partial charge in [-0.15, -0.1) is 0 Å². The fraction of sp³-hybridized carbons (Fsp3) is 0.417. The summed E-state index contributed by atoms with van der Waals surface area (Å²) >= 11 is 0. The third kappa shape index (κ3) is 2.02. The predicted molar refractivity (Wildman–Crippen MR) is 67.1 cm³/mol. The highest BCUT2D eigenvalue weighted by Crippen LogP contribution is 2.22. The Morgan fingerprint density at radius 2 is 2.22 bits per heavy atom. The number of nitrogens with one attached hydrogen (secondary N) is 1. The Morgan fingerprint density at radius 3 is 3.00 bits per heavy atom. The van der Waals surface area contributed by atoms with Crippen molar-refractivity contribution in [3.8, 4) is 0 Å². The van der Waals surface area contributed by atoms with Crippen molar-refractivity contribution in [2.24, 2.45) is 4.99 Å². The van der Waals surface area contributed by atoms with Gasteiger partial charge in [0.25, 0.3) is 10.0 Å². The van der Waals surface area contributed by atoms with Gasteiger partial charge in [-0.1, -0.05) is 12.1 Å². The lowest BCUT2D eigenvalue weighted by Crippen LogP contribution is -2.23. The zero-order valence-electron chi connectivity index (χ0n) is 9.80. The third-order valence-electron chi connectivity index (χ3n) is 3.14. The summed E-state index contributed by atoms with van der Waals surface area (Å²) in [4.78, 5) is 4.65. The highest BCUT2D eigenvalue weighted by atomic mass is 32.2. The number of ether oxygens (including phenoxy) is 1. The largest absolute Gasteiger partial charge is 0.376 e. The molecule has 1 N–H and O–H groups in total. The molecule has 1 aromatic carbocycles. The molecule has 1 fully saturated rings. The maximum Gasteiger partial charge on any atom is 0.263 e. The zero-order valence-corrected chi connectivity index (χ0v) is 10.6. The van der Waals surface area contributed by atoms with E-state index >= 15 is 0 Å². The third-order valence-corrected chi connectivity index (χ3v) is 4.54. The van der Waals surface area contributed by atoms with Crippen molar-refractivity contribution in [3.05, 3.63) is 29.8 Å². The molecule has 0 aromatic heterocycles. The van der Waals surface area contributed by atoms with Crippen molar-refractivity contribution < 1.29 is 13.2 Å². The van der Waals surface area contributed by atoms with Crippen molar-refractivity contribution >= 4 is 15.9 Å². The number of fused-ring (bicyclic) bond motifs is 1. The summed E-state index contributed by atoms with van der Waals surface area (Å²) in [6, 6.07) is 6.87. The normalized spacial score (nSPS) is 27.1. The molecule has 96 valence electrons. The molecule has 0 spiro atoms. The molecule has 2 aliphatic heterocycles. The molecule has 3 rings (SSSR count). The van der Waals surface area contributed by atoms with Gasteiger partial charge in [-0.2, -0.15) is 0 Å². The van der Waals surface area contributed by atoms with E-state index in [1.165, 1.54) is 0 Å². The van der Waals surface area contributed by atoms with Crippen molar-refractivity contribution in [2.45, 2.75) is 23.8 Å². The van der Waals surface area contributed by atoms with E-state index in [-0.39, 0.29) is 6.10 Å². The van der Waals surface area contributed by atoms with Gasteiger partial charge in [0, 0.05) is 12.2 Å². The van der Waals surface area contributed by atoms with Crippen LogP contribution in [0.4, 0.5) is 0 Å². The highest BCUT2D eigenvalue weighted by molar-refractivity contribution is 7.90. The van der Waals surface area contributed by atoms with Gasteiger partial charge in [0.15, 0.2) is 0 Å². The minimum absolute atomic E-state index is 0.120. The van der Waals surface area contributed by atoms with Gasteiger partial charge in [-0.25, -0.2) is 8.42 Å². The first-order chi connectivity index (χ1) is 8.67. The fourth-order valence-electron chi connectivity index (χ4n) is 2.23. The standard InChI is InChI=1S/C12H14N2O3S/c15-18(16)11-6-2-1-5-10(11)12(14-18)13-8-9-4-3-7-17-9/h1-2,5-6,9H,3-4,7-8H2,(H,13,14)/t9-/m1/s1.